The fourth-order valence-corrected chi connectivity index (χ4v) is 2.81. The topological polar surface area (TPSA) is 70.5 Å². The van der Waals surface area contributed by atoms with Crippen molar-refractivity contribution < 1.29 is 14.7 Å². The first-order valence-corrected chi connectivity index (χ1v) is 7.01. The lowest BCUT2D eigenvalue weighted by Gasteiger charge is -2.21. The van der Waals surface area contributed by atoms with Gasteiger partial charge in [-0.2, -0.15) is 0 Å². The van der Waals surface area contributed by atoms with Crippen LogP contribution in [-0.2, 0) is 16.0 Å². The number of rotatable bonds is 3. The van der Waals surface area contributed by atoms with Gasteiger partial charge in [0, 0.05) is 18.1 Å². The number of amides is 1. The Hall–Kier alpha value is -2.43. The van der Waals surface area contributed by atoms with Crippen LogP contribution < -0.4 is 0 Å². The van der Waals surface area contributed by atoms with E-state index in [0.29, 0.717) is 13.0 Å². The van der Waals surface area contributed by atoms with Crippen molar-refractivity contribution in [2.45, 2.75) is 25.3 Å². The van der Waals surface area contributed by atoms with E-state index in [9.17, 15) is 9.59 Å². The third-order valence-electron chi connectivity index (χ3n) is 3.86. The van der Waals surface area contributed by atoms with Crippen molar-refractivity contribution in [1.82, 2.24) is 9.88 Å². The van der Waals surface area contributed by atoms with E-state index in [-0.39, 0.29) is 12.3 Å². The first-order valence-electron chi connectivity index (χ1n) is 7.01. The van der Waals surface area contributed by atoms with E-state index in [1.165, 1.54) is 4.90 Å². The number of nitrogens with zero attached hydrogens (tertiary/aromatic N) is 2. The van der Waals surface area contributed by atoms with E-state index in [2.05, 4.69) is 4.98 Å². The molecule has 1 atom stereocenters. The van der Waals surface area contributed by atoms with Crippen LogP contribution >= 0.6 is 0 Å². The van der Waals surface area contributed by atoms with Crippen LogP contribution in [0.3, 0.4) is 0 Å². The van der Waals surface area contributed by atoms with Gasteiger partial charge in [-0.25, -0.2) is 4.79 Å². The number of carbonyl (C=O) groups excluding carboxylic acids is 1. The summed E-state index contributed by atoms with van der Waals surface area (Å²) in [5, 5.41) is 10.1. The van der Waals surface area contributed by atoms with Gasteiger partial charge in [0.2, 0.25) is 5.91 Å². The van der Waals surface area contributed by atoms with Crippen molar-refractivity contribution >= 4 is 22.8 Å². The third-order valence-corrected chi connectivity index (χ3v) is 3.86. The fraction of sp³-hybridized carbons (Fsp3) is 0.312. The SMILES string of the molecule is O=C(O)[C@H]1CCCN1C(=O)Cc1cnc2ccccc2c1. The van der Waals surface area contributed by atoms with E-state index in [0.717, 1.165) is 22.9 Å². The number of aliphatic carboxylic acids is 1. The number of para-hydroxylation sites is 1. The molecule has 0 radical (unpaired) electrons. The summed E-state index contributed by atoms with van der Waals surface area (Å²) in [7, 11) is 0. The highest BCUT2D eigenvalue weighted by molar-refractivity contribution is 5.86. The summed E-state index contributed by atoms with van der Waals surface area (Å²) in [6.45, 7) is 0.525. The van der Waals surface area contributed by atoms with Crippen LogP contribution in [0.1, 0.15) is 18.4 Å². The smallest absolute Gasteiger partial charge is 0.326 e. The van der Waals surface area contributed by atoms with Crippen LogP contribution in [0.5, 0.6) is 0 Å². The molecule has 1 fully saturated rings. The lowest BCUT2D eigenvalue weighted by atomic mass is 10.1. The summed E-state index contributed by atoms with van der Waals surface area (Å²) in [5.74, 6) is -1.06. The molecule has 21 heavy (non-hydrogen) atoms. The number of hydrogen-bond donors (Lipinski definition) is 1. The van der Waals surface area contributed by atoms with Gasteiger partial charge in [-0.15, -0.1) is 0 Å². The molecule has 1 saturated heterocycles. The van der Waals surface area contributed by atoms with Crippen molar-refractivity contribution in [2.24, 2.45) is 0 Å². The highest BCUT2D eigenvalue weighted by atomic mass is 16.4. The van der Waals surface area contributed by atoms with Gasteiger partial charge in [-0.3, -0.25) is 9.78 Å². The monoisotopic (exact) mass is 284 g/mol. The zero-order valence-electron chi connectivity index (χ0n) is 11.5. The van der Waals surface area contributed by atoms with Gasteiger partial charge >= 0.3 is 5.97 Å². The van der Waals surface area contributed by atoms with Crippen molar-refractivity contribution in [3.05, 3.63) is 42.1 Å². The Kier molecular flexibility index (Phi) is 3.56. The Labute approximate surface area is 122 Å². The van der Waals surface area contributed by atoms with Crippen LogP contribution in [-0.4, -0.2) is 39.5 Å². The second-order valence-corrected chi connectivity index (χ2v) is 5.30. The number of carboxylic acids is 1. The van der Waals surface area contributed by atoms with Crippen LogP contribution in [0.2, 0.25) is 0 Å². The highest BCUT2D eigenvalue weighted by Crippen LogP contribution is 2.20. The molecule has 3 rings (SSSR count). The van der Waals surface area contributed by atoms with Crippen molar-refractivity contribution in [2.75, 3.05) is 6.54 Å². The Balaban J connectivity index is 1.78. The molecular weight excluding hydrogens is 268 g/mol. The lowest BCUT2D eigenvalue weighted by molar-refractivity contribution is -0.148. The van der Waals surface area contributed by atoms with Gasteiger partial charge in [-0.1, -0.05) is 18.2 Å². The van der Waals surface area contributed by atoms with Gasteiger partial charge in [0.15, 0.2) is 0 Å². The minimum absolute atomic E-state index is 0.142. The van der Waals surface area contributed by atoms with Crippen LogP contribution in [0.15, 0.2) is 36.5 Å². The highest BCUT2D eigenvalue weighted by Gasteiger charge is 2.33. The van der Waals surface area contributed by atoms with Crippen molar-refractivity contribution in [1.29, 1.82) is 0 Å². The molecule has 1 aliphatic rings. The molecule has 2 aromatic rings. The van der Waals surface area contributed by atoms with E-state index in [1.807, 2.05) is 30.3 Å². The normalized spacial score (nSPS) is 18.1. The maximum Gasteiger partial charge on any atom is 0.326 e. The molecular formula is C16H16N2O3. The minimum Gasteiger partial charge on any atom is -0.480 e. The van der Waals surface area contributed by atoms with Gasteiger partial charge in [0.05, 0.1) is 11.9 Å². The molecule has 1 N–H and O–H groups in total. The zero-order valence-corrected chi connectivity index (χ0v) is 11.5. The molecule has 108 valence electrons. The number of carboxylic acid groups (broad SMARTS) is 1. The number of aromatic nitrogens is 1. The number of hydrogen-bond acceptors (Lipinski definition) is 3. The van der Waals surface area contributed by atoms with E-state index in [4.69, 9.17) is 5.11 Å². The zero-order chi connectivity index (χ0) is 14.8. The number of pyridine rings is 1. The van der Waals surface area contributed by atoms with Crippen LogP contribution in [0, 0.1) is 0 Å². The first kappa shape index (κ1) is 13.5. The summed E-state index contributed by atoms with van der Waals surface area (Å²) in [6.07, 6.45) is 3.17. The second kappa shape index (κ2) is 5.52. The first-order chi connectivity index (χ1) is 10.1. The average Bonchev–Trinajstić information content (AvgIpc) is 2.97. The third kappa shape index (κ3) is 2.72. The predicted molar refractivity (Wildman–Crippen MR) is 77.8 cm³/mol. The molecule has 0 aliphatic carbocycles. The lowest BCUT2D eigenvalue weighted by Crippen LogP contribution is -2.41. The standard InChI is InChI=1S/C16H16N2O3/c19-15(18-7-3-6-14(18)16(20)21)9-11-8-12-4-1-2-5-13(12)17-10-11/h1-2,4-5,8,10,14H,3,6-7,9H2,(H,20,21)/t14-/m1/s1. The minimum atomic E-state index is -0.919. The summed E-state index contributed by atoms with van der Waals surface area (Å²) in [5.41, 5.74) is 1.70. The van der Waals surface area contributed by atoms with Crippen LogP contribution in [0.25, 0.3) is 10.9 Å². The summed E-state index contributed by atoms with van der Waals surface area (Å²) in [6, 6.07) is 8.98. The average molecular weight is 284 g/mol. The number of fused-ring (bicyclic) bond motifs is 1. The molecule has 5 nitrogen and oxygen atoms in total. The summed E-state index contributed by atoms with van der Waals surface area (Å²) < 4.78 is 0. The number of benzene rings is 1. The van der Waals surface area contributed by atoms with Gasteiger partial charge < -0.3 is 10.0 Å². The number of likely N-dealkylation sites (tertiary alicyclic amines) is 1. The molecule has 0 unspecified atom stereocenters. The van der Waals surface area contributed by atoms with E-state index < -0.39 is 12.0 Å². The van der Waals surface area contributed by atoms with Crippen molar-refractivity contribution in [3.8, 4) is 0 Å². The fourth-order valence-electron chi connectivity index (χ4n) is 2.81. The summed E-state index contributed by atoms with van der Waals surface area (Å²) >= 11 is 0. The molecule has 1 amide bonds. The molecule has 1 aromatic carbocycles. The van der Waals surface area contributed by atoms with Gasteiger partial charge in [0.1, 0.15) is 6.04 Å². The van der Waals surface area contributed by atoms with Crippen molar-refractivity contribution in [3.63, 3.8) is 0 Å². The Morgan fingerprint density at radius 1 is 1.33 bits per heavy atom. The largest absolute Gasteiger partial charge is 0.480 e. The number of carbonyl (C=O) groups is 2. The molecule has 1 aliphatic heterocycles. The maximum atomic E-state index is 12.3. The summed E-state index contributed by atoms with van der Waals surface area (Å²) in [4.78, 5) is 29.2. The Bertz CT molecular complexity index is 699. The second-order valence-electron chi connectivity index (χ2n) is 5.30. The van der Waals surface area contributed by atoms with E-state index >= 15 is 0 Å². The maximum absolute atomic E-state index is 12.3. The quantitative estimate of drug-likeness (QED) is 0.933. The molecule has 1 aromatic heterocycles. The predicted octanol–water partition coefficient (Wildman–Crippen LogP) is 1.85. The Morgan fingerprint density at radius 3 is 2.95 bits per heavy atom. The molecule has 0 bridgehead atoms. The molecule has 2 heterocycles. The Morgan fingerprint density at radius 2 is 2.14 bits per heavy atom. The molecule has 0 saturated carbocycles. The van der Waals surface area contributed by atoms with Gasteiger partial charge in [0.25, 0.3) is 0 Å². The van der Waals surface area contributed by atoms with E-state index in [1.54, 1.807) is 6.20 Å². The molecule has 0 spiro atoms. The van der Waals surface area contributed by atoms with Gasteiger partial charge in [-0.05, 0) is 30.5 Å². The van der Waals surface area contributed by atoms with Crippen LogP contribution in [0.4, 0.5) is 0 Å². The molecule has 5 heteroatoms.